The lowest BCUT2D eigenvalue weighted by atomic mass is 10.0. The van der Waals surface area contributed by atoms with Gasteiger partial charge in [-0.15, -0.1) is 11.3 Å². The highest BCUT2D eigenvalue weighted by molar-refractivity contribution is 7.15. The van der Waals surface area contributed by atoms with Crippen molar-refractivity contribution in [2.45, 2.75) is 12.7 Å². The molecule has 162 valence electrons. The summed E-state index contributed by atoms with van der Waals surface area (Å²) in [4.78, 5) is 36.7. The summed E-state index contributed by atoms with van der Waals surface area (Å²) < 4.78 is 44.1. The zero-order chi connectivity index (χ0) is 22.8. The van der Waals surface area contributed by atoms with Crippen molar-refractivity contribution in [3.05, 3.63) is 74.5 Å². The van der Waals surface area contributed by atoms with Gasteiger partial charge in [0.25, 0.3) is 5.56 Å². The van der Waals surface area contributed by atoms with Crippen LogP contribution in [0.1, 0.15) is 15.9 Å². The summed E-state index contributed by atoms with van der Waals surface area (Å²) in [6, 6.07) is 8.13. The Kier molecular flexibility index (Phi) is 6.51. The number of alkyl halides is 3. The highest BCUT2D eigenvalue weighted by atomic mass is 35.5. The number of aromatic nitrogens is 1. The molecule has 0 aliphatic rings. The predicted octanol–water partition coefficient (Wildman–Crippen LogP) is 4.67. The first-order valence-corrected chi connectivity index (χ1v) is 9.90. The molecule has 0 saturated carbocycles. The van der Waals surface area contributed by atoms with Crippen LogP contribution in [0.4, 0.5) is 18.2 Å². The fraction of sp³-hybridized carbons (Fsp3) is 0.150. The molecule has 3 rings (SSSR count). The van der Waals surface area contributed by atoms with E-state index in [1.165, 1.54) is 7.11 Å². The van der Waals surface area contributed by atoms with Crippen molar-refractivity contribution >= 4 is 39.8 Å². The number of thiophene rings is 1. The average molecular weight is 471 g/mol. The van der Waals surface area contributed by atoms with Crippen molar-refractivity contribution < 1.29 is 27.5 Å². The van der Waals surface area contributed by atoms with E-state index in [4.69, 9.17) is 16.3 Å². The van der Waals surface area contributed by atoms with Crippen LogP contribution < -0.4 is 10.9 Å². The molecule has 0 aliphatic carbocycles. The molecule has 0 saturated heterocycles. The fourth-order valence-electron chi connectivity index (χ4n) is 2.78. The molecule has 1 aromatic carbocycles. The van der Waals surface area contributed by atoms with Crippen molar-refractivity contribution in [1.82, 2.24) is 4.57 Å². The van der Waals surface area contributed by atoms with Gasteiger partial charge in [0, 0.05) is 33.8 Å². The summed E-state index contributed by atoms with van der Waals surface area (Å²) in [5.74, 6) is -1.53. The molecule has 2 heterocycles. The van der Waals surface area contributed by atoms with Gasteiger partial charge in [-0.2, -0.15) is 13.2 Å². The number of nitrogens with zero attached hydrogens (tertiary/aromatic N) is 1. The molecule has 0 aliphatic heterocycles. The molecule has 1 amide bonds. The molecular weight excluding hydrogens is 457 g/mol. The second-order valence-corrected chi connectivity index (χ2v) is 7.54. The van der Waals surface area contributed by atoms with E-state index in [0.29, 0.717) is 33.0 Å². The predicted molar refractivity (Wildman–Crippen MR) is 110 cm³/mol. The fourth-order valence-corrected chi connectivity index (χ4v) is 3.98. The summed E-state index contributed by atoms with van der Waals surface area (Å²) in [5.41, 5.74) is -0.832. The Balaban J connectivity index is 1.92. The number of methoxy groups -OCH3 is 1. The molecule has 3 aromatic rings. The Morgan fingerprint density at radius 1 is 1.16 bits per heavy atom. The van der Waals surface area contributed by atoms with Gasteiger partial charge in [0.1, 0.15) is 17.1 Å². The summed E-state index contributed by atoms with van der Waals surface area (Å²) >= 11 is 7.22. The summed E-state index contributed by atoms with van der Waals surface area (Å²) in [5, 5.41) is 4.55. The molecule has 0 bridgehead atoms. The van der Waals surface area contributed by atoms with E-state index in [-0.39, 0.29) is 10.6 Å². The first kappa shape index (κ1) is 22.6. The molecule has 0 fully saturated rings. The van der Waals surface area contributed by atoms with Gasteiger partial charge < -0.3 is 14.6 Å². The quantitative estimate of drug-likeness (QED) is 0.549. The number of hydrogen-bond acceptors (Lipinski definition) is 5. The zero-order valence-corrected chi connectivity index (χ0v) is 17.4. The highest BCUT2D eigenvalue weighted by Crippen LogP contribution is 2.39. The number of pyridine rings is 1. The van der Waals surface area contributed by atoms with Crippen LogP contribution in [-0.4, -0.2) is 23.6 Å². The highest BCUT2D eigenvalue weighted by Gasteiger charge is 2.31. The summed E-state index contributed by atoms with van der Waals surface area (Å²) in [7, 11) is 1.17. The lowest BCUT2D eigenvalue weighted by Gasteiger charge is -2.11. The van der Waals surface area contributed by atoms with Gasteiger partial charge in [-0.05, 0) is 12.1 Å². The van der Waals surface area contributed by atoms with E-state index in [2.05, 4.69) is 5.32 Å². The molecule has 11 heteroatoms. The monoisotopic (exact) mass is 470 g/mol. The van der Waals surface area contributed by atoms with Gasteiger partial charge in [0.2, 0.25) is 5.91 Å². The van der Waals surface area contributed by atoms with E-state index in [0.717, 1.165) is 17.4 Å². The SMILES string of the molecule is COC(=O)c1c(-c2ccccc2Cl)csc1NC(=O)Cn1cc(C(F)(F)F)ccc1=O. The van der Waals surface area contributed by atoms with Gasteiger partial charge in [-0.25, -0.2) is 4.79 Å². The van der Waals surface area contributed by atoms with E-state index >= 15 is 0 Å². The molecule has 0 unspecified atom stereocenters. The largest absolute Gasteiger partial charge is 0.465 e. The molecular formula is C20H14ClF3N2O4S. The van der Waals surface area contributed by atoms with E-state index in [9.17, 15) is 27.6 Å². The molecule has 2 aromatic heterocycles. The van der Waals surface area contributed by atoms with Crippen molar-refractivity contribution in [2.24, 2.45) is 0 Å². The van der Waals surface area contributed by atoms with Gasteiger partial charge in [0.15, 0.2) is 0 Å². The molecule has 0 atom stereocenters. The molecule has 0 spiro atoms. The molecule has 6 nitrogen and oxygen atoms in total. The Morgan fingerprint density at radius 2 is 1.87 bits per heavy atom. The van der Waals surface area contributed by atoms with E-state index < -0.39 is 35.7 Å². The van der Waals surface area contributed by atoms with Crippen LogP contribution in [0.25, 0.3) is 11.1 Å². The molecule has 0 radical (unpaired) electrons. The maximum absolute atomic E-state index is 12.9. The number of ether oxygens (including phenoxy) is 1. The van der Waals surface area contributed by atoms with Crippen molar-refractivity contribution in [3.8, 4) is 11.1 Å². The number of benzene rings is 1. The van der Waals surface area contributed by atoms with Gasteiger partial charge in [0.05, 0.1) is 12.7 Å². The zero-order valence-electron chi connectivity index (χ0n) is 15.8. The standard InChI is InChI=1S/C20H14ClF3N2O4S/c1-30-19(29)17-13(12-4-2-3-5-14(12)21)10-31-18(17)25-15(27)9-26-8-11(20(22,23)24)6-7-16(26)28/h2-8,10H,9H2,1H3,(H,25,27). The number of rotatable bonds is 5. The molecule has 31 heavy (non-hydrogen) atoms. The number of hydrogen-bond donors (Lipinski definition) is 1. The van der Waals surface area contributed by atoms with Crippen LogP contribution in [0.2, 0.25) is 5.02 Å². The first-order valence-electron chi connectivity index (χ1n) is 8.64. The van der Waals surface area contributed by atoms with Crippen LogP contribution in [0, 0.1) is 0 Å². The van der Waals surface area contributed by atoms with E-state index in [1.807, 2.05) is 0 Å². The lowest BCUT2D eigenvalue weighted by Crippen LogP contribution is -2.28. The summed E-state index contributed by atoms with van der Waals surface area (Å²) in [6.07, 6.45) is -4.10. The smallest absolute Gasteiger partial charge is 0.417 e. The van der Waals surface area contributed by atoms with Crippen molar-refractivity contribution in [2.75, 3.05) is 12.4 Å². The Labute approximate surface area is 182 Å². The number of esters is 1. The second-order valence-electron chi connectivity index (χ2n) is 6.25. The number of carbonyl (C=O) groups is 2. The molecule has 1 N–H and O–H groups in total. The van der Waals surface area contributed by atoms with Crippen molar-refractivity contribution in [1.29, 1.82) is 0 Å². The Bertz CT molecular complexity index is 1200. The topological polar surface area (TPSA) is 77.4 Å². The van der Waals surface area contributed by atoms with Crippen LogP contribution in [-0.2, 0) is 22.3 Å². The van der Waals surface area contributed by atoms with Crippen LogP contribution in [0.15, 0.2) is 52.8 Å². The number of anilines is 1. The number of nitrogens with one attached hydrogen (secondary N) is 1. The Hall–Kier alpha value is -3.11. The van der Waals surface area contributed by atoms with Crippen LogP contribution >= 0.6 is 22.9 Å². The third-order valence-corrected chi connectivity index (χ3v) is 5.45. The van der Waals surface area contributed by atoms with Gasteiger partial charge in [-0.3, -0.25) is 9.59 Å². The average Bonchev–Trinajstić information content (AvgIpc) is 3.11. The first-order chi connectivity index (χ1) is 14.6. The second kappa shape index (κ2) is 8.94. The Morgan fingerprint density at radius 3 is 2.52 bits per heavy atom. The lowest BCUT2D eigenvalue weighted by molar-refractivity contribution is -0.138. The van der Waals surface area contributed by atoms with E-state index in [1.54, 1.807) is 29.6 Å². The van der Waals surface area contributed by atoms with Crippen molar-refractivity contribution in [3.63, 3.8) is 0 Å². The number of halogens is 4. The third kappa shape index (κ3) is 4.97. The summed E-state index contributed by atoms with van der Waals surface area (Å²) in [6.45, 7) is -0.678. The van der Waals surface area contributed by atoms with Gasteiger partial charge in [-0.1, -0.05) is 29.8 Å². The number of carbonyl (C=O) groups excluding carboxylic acids is 2. The minimum Gasteiger partial charge on any atom is -0.465 e. The maximum Gasteiger partial charge on any atom is 0.417 e. The van der Waals surface area contributed by atoms with Crippen LogP contribution in [0.5, 0.6) is 0 Å². The minimum absolute atomic E-state index is 0.0466. The number of amides is 1. The van der Waals surface area contributed by atoms with Gasteiger partial charge >= 0.3 is 12.1 Å². The van der Waals surface area contributed by atoms with Crippen LogP contribution in [0.3, 0.4) is 0 Å². The normalized spacial score (nSPS) is 11.3. The third-order valence-electron chi connectivity index (χ3n) is 4.22. The maximum atomic E-state index is 12.9. The minimum atomic E-state index is -4.67.